The van der Waals surface area contributed by atoms with E-state index in [1.165, 1.54) is 17.0 Å². The number of hydrogen-bond donors (Lipinski definition) is 2. The molecule has 0 aliphatic rings. The smallest absolute Gasteiger partial charge is 0.322 e. The Balaban J connectivity index is 2.07. The lowest BCUT2D eigenvalue weighted by Crippen LogP contribution is -2.36. The molecule has 2 amide bonds. The van der Waals surface area contributed by atoms with Crippen LogP contribution in [0.1, 0.15) is 5.56 Å². The van der Waals surface area contributed by atoms with E-state index in [9.17, 15) is 9.18 Å². The van der Waals surface area contributed by atoms with Gasteiger partial charge in [0.15, 0.2) is 0 Å². The van der Waals surface area contributed by atoms with Crippen molar-refractivity contribution in [2.45, 2.75) is 6.54 Å². The van der Waals surface area contributed by atoms with Crippen LogP contribution in [0, 0.1) is 5.82 Å². The van der Waals surface area contributed by atoms with Gasteiger partial charge in [-0.3, -0.25) is 0 Å². The van der Waals surface area contributed by atoms with E-state index < -0.39 is 11.8 Å². The lowest BCUT2D eigenvalue weighted by molar-refractivity contribution is 0.185. The fraction of sp³-hybridized carbons (Fsp3) is 0.188. The summed E-state index contributed by atoms with van der Waals surface area (Å²) < 4.78 is 13.5. The van der Waals surface area contributed by atoms with Gasteiger partial charge in [-0.05, 0) is 17.7 Å². The predicted octanol–water partition coefficient (Wildman–Crippen LogP) is 2.85. The summed E-state index contributed by atoms with van der Waals surface area (Å²) in [4.78, 5) is 13.6. The molecule has 0 spiro atoms. The molecule has 0 saturated heterocycles. The molecule has 2 rings (SSSR count). The summed E-state index contributed by atoms with van der Waals surface area (Å²) in [6, 6.07) is 14.9. The minimum absolute atomic E-state index is 0.124. The summed E-state index contributed by atoms with van der Waals surface area (Å²) in [6.45, 7) is 0.369. The second kappa shape index (κ2) is 7.40. The molecule has 2 aromatic rings. The van der Waals surface area contributed by atoms with Gasteiger partial charge in [0.2, 0.25) is 0 Å². The maximum absolute atomic E-state index is 13.5. The molecule has 110 valence electrons. The third kappa shape index (κ3) is 4.29. The number of anilines is 1. The molecule has 4 nitrogen and oxygen atoms in total. The second-order valence-corrected chi connectivity index (χ2v) is 4.54. The molecule has 2 aromatic carbocycles. The number of aliphatic hydroxyl groups is 1. The van der Waals surface area contributed by atoms with Crippen LogP contribution in [0.2, 0.25) is 0 Å². The fourth-order valence-corrected chi connectivity index (χ4v) is 1.93. The van der Waals surface area contributed by atoms with Crippen LogP contribution in [0.4, 0.5) is 14.9 Å². The Morgan fingerprint density at radius 2 is 1.76 bits per heavy atom. The minimum atomic E-state index is -0.491. The quantitative estimate of drug-likeness (QED) is 0.889. The van der Waals surface area contributed by atoms with Crippen molar-refractivity contribution in [1.82, 2.24) is 4.90 Å². The summed E-state index contributed by atoms with van der Waals surface area (Å²) in [6.07, 6.45) is 0. The monoisotopic (exact) mass is 288 g/mol. The van der Waals surface area contributed by atoms with Crippen molar-refractivity contribution >= 4 is 11.7 Å². The first-order valence-corrected chi connectivity index (χ1v) is 6.66. The second-order valence-electron chi connectivity index (χ2n) is 4.54. The molecule has 0 radical (unpaired) electrons. The van der Waals surface area contributed by atoms with Crippen LogP contribution >= 0.6 is 0 Å². The maximum atomic E-state index is 13.5. The fourth-order valence-electron chi connectivity index (χ4n) is 1.93. The van der Waals surface area contributed by atoms with E-state index in [1.54, 1.807) is 12.1 Å². The number of nitrogens with one attached hydrogen (secondary N) is 1. The van der Waals surface area contributed by atoms with Crippen molar-refractivity contribution in [2.24, 2.45) is 0 Å². The Bertz CT molecular complexity index is 590. The van der Waals surface area contributed by atoms with E-state index in [0.717, 1.165) is 5.56 Å². The summed E-state index contributed by atoms with van der Waals surface area (Å²) in [5.74, 6) is -0.491. The first-order chi connectivity index (χ1) is 10.2. The Kier molecular flexibility index (Phi) is 5.29. The van der Waals surface area contributed by atoms with Crippen LogP contribution in [-0.2, 0) is 6.54 Å². The molecule has 0 fully saturated rings. The molecule has 0 saturated carbocycles. The molecule has 0 atom stereocenters. The standard InChI is InChI=1S/C16H17FN2O2/c17-14-8-4-5-9-15(14)18-16(21)19(10-11-20)12-13-6-2-1-3-7-13/h1-9,20H,10-12H2,(H,18,21). The van der Waals surface area contributed by atoms with Gasteiger partial charge < -0.3 is 15.3 Å². The highest BCUT2D eigenvalue weighted by molar-refractivity contribution is 5.89. The zero-order valence-corrected chi connectivity index (χ0v) is 11.5. The number of benzene rings is 2. The van der Waals surface area contributed by atoms with Crippen molar-refractivity contribution < 1.29 is 14.3 Å². The molecule has 0 aromatic heterocycles. The molecular weight excluding hydrogens is 271 g/mol. The lowest BCUT2D eigenvalue weighted by Gasteiger charge is -2.22. The van der Waals surface area contributed by atoms with Gasteiger partial charge in [0.1, 0.15) is 5.82 Å². The van der Waals surface area contributed by atoms with Gasteiger partial charge >= 0.3 is 6.03 Å². The summed E-state index contributed by atoms with van der Waals surface area (Å²) >= 11 is 0. The van der Waals surface area contributed by atoms with Crippen LogP contribution in [0.3, 0.4) is 0 Å². The van der Waals surface area contributed by atoms with Gasteiger partial charge in [0, 0.05) is 13.1 Å². The number of rotatable bonds is 5. The zero-order chi connectivity index (χ0) is 15.1. The summed E-state index contributed by atoms with van der Waals surface area (Å²) in [7, 11) is 0. The number of aliphatic hydroxyl groups excluding tert-OH is 1. The average molecular weight is 288 g/mol. The maximum Gasteiger partial charge on any atom is 0.322 e. The third-order valence-electron chi connectivity index (χ3n) is 2.99. The molecule has 21 heavy (non-hydrogen) atoms. The highest BCUT2D eigenvalue weighted by Gasteiger charge is 2.15. The van der Waals surface area contributed by atoms with Crippen LogP contribution in [0.25, 0.3) is 0 Å². The lowest BCUT2D eigenvalue weighted by atomic mass is 10.2. The van der Waals surface area contributed by atoms with E-state index >= 15 is 0 Å². The first kappa shape index (κ1) is 15.0. The van der Waals surface area contributed by atoms with Gasteiger partial charge in [-0.1, -0.05) is 42.5 Å². The number of hydrogen-bond acceptors (Lipinski definition) is 2. The van der Waals surface area contributed by atoms with Crippen LogP contribution in [-0.4, -0.2) is 29.2 Å². The third-order valence-corrected chi connectivity index (χ3v) is 2.99. The Morgan fingerprint density at radius 3 is 2.43 bits per heavy atom. The van der Waals surface area contributed by atoms with E-state index in [2.05, 4.69) is 5.32 Å². The first-order valence-electron chi connectivity index (χ1n) is 6.66. The molecule has 0 unspecified atom stereocenters. The largest absolute Gasteiger partial charge is 0.395 e. The molecule has 0 aliphatic heterocycles. The van der Waals surface area contributed by atoms with Crippen molar-refractivity contribution in [3.63, 3.8) is 0 Å². The van der Waals surface area contributed by atoms with Gasteiger partial charge in [-0.15, -0.1) is 0 Å². The van der Waals surface area contributed by atoms with E-state index in [-0.39, 0.29) is 18.8 Å². The van der Waals surface area contributed by atoms with E-state index in [0.29, 0.717) is 6.54 Å². The van der Waals surface area contributed by atoms with Crippen molar-refractivity contribution in [3.8, 4) is 0 Å². The minimum Gasteiger partial charge on any atom is -0.395 e. The molecular formula is C16H17FN2O2. The molecule has 0 aliphatic carbocycles. The molecule has 2 N–H and O–H groups in total. The number of amides is 2. The van der Waals surface area contributed by atoms with E-state index in [1.807, 2.05) is 30.3 Å². The number of para-hydroxylation sites is 1. The van der Waals surface area contributed by atoms with Crippen LogP contribution in [0.15, 0.2) is 54.6 Å². The summed E-state index contributed by atoms with van der Waals surface area (Å²) in [5.41, 5.74) is 1.06. The summed E-state index contributed by atoms with van der Waals surface area (Å²) in [5, 5.41) is 11.6. The van der Waals surface area contributed by atoms with Crippen molar-refractivity contribution in [3.05, 3.63) is 66.0 Å². The van der Waals surface area contributed by atoms with Crippen molar-refractivity contribution in [2.75, 3.05) is 18.5 Å². The number of urea groups is 1. The Labute approximate surface area is 122 Å². The topological polar surface area (TPSA) is 52.6 Å². The normalized spacial score (nSPS) is 10.2. The van der Waals surface area contributed by atoms with Gasteiger partial charge in [0.05, 0.1) is 12.3 Å². The number of halogens is 1. The molecule has 0 bridgehead atoms. The predicted molar refractivity (Wildman–Crippen MR) is 79.4 cm³/mol. The SMILES string of the molecule is O=C(Nc1ccccc1F)N(CCO)Cc1ccccc1. The van der Waals surface area contributed by atoms with Gasteiger partial charge in [0.25, 0.3) is 0 Å². The number of carbonyl (C=O) groups excluding carboxylic acids is 1. The zero-order valence-electron chi connectivity index (χ0n) is 11.5. The Morgan fingerprint density at radius 1 is 1.10 bits per heavy atom. The Hall–Kier alpha value is -2.40. The van der Waals surface area contributed by atoms with Crippen molar-refractivity contribution in [1.29, 1.82) is 0 Å². The number of nitrogens with zero attached hydrogens (tertiary/aromatic N) is 1. The van der Waals surface area contributed by atoms with Crippen LogP contribution < -0.4 is 5.32 Å². The van der Waals surface area contributed by atoms with E-state index in [4.69, 9.17) is 5.11 Å². The highest BCUT2D eigenvalue weighted by atomic mass is 19.1. The highest BCUT2D eigenvalue weighted by Crippen LogP contribution is 2.14. The molecule has 5 heteroatoms. The number of carbonyl (C=O) groups is 1. The van der Waals surface area contributed by atoms with Gasteiger partial charge in [-0.2, -0.15) is 0 Å². The average Bonchev–Trinajstić information content (AvgIpc) is 2.50. The van der Waals surface area contributed by atoms with Crippen LogP contribution in [0.5, 0.6) is 0 Å². The van der Waals surface area contributed by atoms with Gasteiger partial charge in [-0.25, -0.2) is 9.18 Å². The molecule has 0 heterocycles.